The van der Waals surface area contributed by atoms with Gasteiger partial charge in [-0.25, -0.2) is 23.2 Å². The standard InChI is InChI=1S/C27H31F3N8O6S2.ClH/c28-27(29,30)17-6-4-16(5-7-17)12-34-25(41)22(3-1-2-10-33-24(40)20(31)14-39)38-13-18(36-37-38)15-44-19-8-9-21-23(11-19)45-26(35-21)46(32,42)43;/h4-9,11,13,20,22,39H,1-3,10,12,14-15,31H2,(H,33,40)(H,34,41)(H2,32,42,43);1H. The summed E-state index contributed by atoms with van der Waals surface area (Å²) in [6.45, 7) is -0.305. The zero-order valence-corrected chi connectivity index (χ0v) is 27.0. The molecule has 0 saturated heterocycles. The molecule has 0 bridgehead atoms. The summed E-state index contributed by atoms with van der Waals surface area (Å²) >= 11 is 0.900. The number of primary sulfonamides is 1. The van der Waals surface area contributed by atoms with Gasteiger partial charge in [-0.05, 0) is 55.2 Å². The van der Waals surface area contributed by atoms with E-state index in [9.17, 15) is 31.2 Å². The van der Waals surface area contributed by atoms with E-state index in [2.05, 4.69) is 25.9 Å². The summed E-state index contributed by atoms with van der Waals surface area (Å²) in [5.74, 6) is -0.557. The molecule has 7 N–H and O–H groups in total. The second-order valence-electron chi connectivity index (χ2n) is 10.1. The lowest BCUT2D eigenvalue weighted by Crippen LogP contribution is -2.43. The van der Waals surface area contributed by atoms with Crippen molar-refractivity contribution in [2.75, 3.05) is 13.2 Å². The molecule has 0 aliphatic carbocycles. The third-order valence-corrected chi connectivity index (χ3v) is 8.97. The molecule has 2 atom stereocenters. The van der Waals surface area contributed by atoms with Crippen LogP contribution in [0.2, 0.25) is 0 Å². The number of sulfonamides is 1. The topological polar surface area (TPSA) is 217 Å². The molecule has 20 heteroatoms. The van der Waals surface area contributed by atoms with Crippen molar-refractivity contribution in [1.82, 2.24) is 30.6 Å². The van der Waals surface area contributed by atoms with E-state index in [0.717, 1.165) is 23.5 Å². The Bertz CT molecular complexity index is 1770. The Kier molecular flexibility index (Phi) is 13.0. The van der Waals surface area contributed by atoms with E-state index < -0.39 is 52.3 Å². The fourth-order valence-corrected chi connectivity index (χ4v) is 5.86. The molecular weight excluding hydrogens is 689 g/mol. The number of aromatic nitrogens is 4. The first kappa shape index (κ1) is 37.6. The lowest BCUT2D eigenvalue weighted by Gasteiger charge is -2.17. The second-order valence-corrected chi connectivity index (χ2v) is 12.9. The molecule has 0 saturated carbocycles. The Morgan fingerprint density at radius 1 is 1.09 bits per heavy atom. The van der Waals surface area contributed by atoms with Crippen molar-refractivity contribution < 1.29 is 41.0 Å². The number of thiazole rings is 1. The van der Waals surface area contributed by atoms with Crippen LogP contribution in [0.25, 0.3) is 10.2 Å². The number of nitrogens with one attached hydrogen (secondary N) is 2. The van der Waals surface area contributed by atoms with Crippen molar-refractivity contribution in [2.24, 2.45) is 10.9 Å². The number of hydrogen-bond acceptors (Lipinski definition) is 11. The molecule has 0 aliphatic rings. The molecule has 14 nitrogen and oxygen atoms in total. The number of carbonyl (C=O) groups is 2. The summed E-state index contributed by atoms with van der Waals surface area (Å²) in [4.78, 5) is 29.0. The van der Waals surface area contributed by atoms with Crippen LogP contribution in [-0.4, -0.2) is 64.5 Å². The third-order valence-electron chi connectivity index (χ3n) is 6.64. The molecule has 4 rings (SSSR count). The van der Waals surface area contributed by atoms with Gasteiger partial charge in [0.25, 0.3) is 10.0 Å². The van der Waals surface area contributed by atoms with E-state index in [1.807, 2.05) is 0 Å². The van der Waals surface area contributed by atoms with Gasteiger partial charge >= 0.3 is 6.18 Å². The summed E-state index contributed by atoms with van der Waals surface area (Å²) in [7, 11) is -3.95. The molecule has 2 heterocycles. The highest BCUT2D eigenvalue weighted by Crippen LogP contribution is 2.30. The van der Waals surface area contributed by atoms with E-state index in [1.54, 1.807) is 18.2 Å². The van der Waals surface area contributed by atoms with E-state index >= 15 is 0 Å². The molecular formula is C27H32ClF3N8O6S2. The minimum absolute atomic E-state index is 0. The summed E-state index contributed by atoms with van der Waals surface area (Å²) in [6, 6.07) is 7.34. The van der Waals surface area contributed by atoms with Gasteiger partial charge in [0.15, 0.2) is 0 Å². The Balaban J connectivity index is 0.00000600. The van der Waals surface area contributed by atoms with Crippen LogP contribution in [0.1, 0.15) is 42.1 Å². The van der Waals surface area contributed by atoms with Gasteiger partial charge in [0.1, 0.15) is 30.1 Å². The monoisotopic (exact) mass is 720 g/mol. The zero-order valence-electron chi connectivity index (χ0n) is 24.5. The van der Waals surface area contributed by atoms with Gasteiger partial charge in [-0.15, -0.1) is 28.8 Å². The molecule has 47 heavy (non-hydrogen) atoms. The lowest BCUT2D eigenvalue weighted by atomic mass is 10.1. The van der Waals surface area contributed by atoms with Crippen LogP contribution in [0.5, 0.6) is 5.75 Å². The third kappa shape index (κ3) is 10.6. The Labute approximate surface area is 277 Å². The number of fused-ring (bicyclic) bond motifs is 1. The highest BCUT2D eigenvalue weighted by Gasteiger charge is 2.30. The molecule has 4 aromatic rings. The molecule has 0 fully saturated rings. The Morgan fingerprint density at radius 3 is 2.47 bits per heavy atom. The zero-order chi connectivity index (χ0) is 33.5. The molecule has 2 aromatic heterocycles. The number of benzene rings is 2. The molecule has 0 aliphatic heterocycles. The van der Waals surface area contributed by atoms with Gasteiger partial charge in [-0.3, -0.25) is 9.59 Å². The number of ether oxygens (including phenoxy) is 1. The number of aliphatic hydroxyl groups is 1. The predicted molar refractivity (Wildman–Crippen MR) is 167 cm³/mol. The maximum absolute atomic E-state index is 13.2. The van der Waals surface area contributed by atoms with Crippen LogP contribution >= 0.6 is 23.7 Å². The number of amides is 2. The Hall–Kier alpha value is -3.88. The highest BCUT2D eigenvalue weighted by molar-refractivity contribution is 7.91. The van der Waals surface area contributed by atoms with Gasteiger partial charge in [0, 0.05) is 13.1 Å². The van der Waals surface area contributed by atoms with Gasteiger partial charge in [0.2, 0.25) is 16.2 Å². The molecule has 2 unspecified atom stereocenters. The quantitative estimate of drug-likeness (QED) is 0.113. The molecule has 2 aromatic carbocycles. The summed E-state index contributed by atoms with van der Waals surface area (Å²) in [6.07, 6.45) is -1.73. The lowest BCUT2D eigenvalue weighted by molar-refractivity contribution is -0.137. The van der Waals surface area contributed by atoms with E-state index in [4.69, 9.17) is 20.7 Å². The molecule has 2 amide bonds. The first-order chi connectivity index (χ1) is 21.7. The highest BCUT2D eigenvalue weighted by atomic mass is 35.5. The van der Waals surface area contributed by atoms with Crippen LogP contribution in [0.15, 0.2) is 53.0 Å². The average Bonchev–Trinajstić information content (AvgIpc) is 3.67. The Morgan fingerprint density at radius 2 is 1.81 bits per heavy atom. The van der Waals surface area contributed by atoms with Crippen molar-refractivity contribution in [3.8, 4) is 5.75 Å². The fourth-order valence-electron chi connectivity index (χ4n) is 4.17. The number of aliphatic hydroxyl groups excluding tert-OH is 1. The fraction of sp³-hybridized carbons (Fsp3) is 0.370. The first-order valence-corrected chi connectivity index (χ1v) is 16.2. The first-order valence-electron chi connectivity index (χ1n) is 13.8. The molecule has 0 radical (unpaired) electrons. The van der Waals surface area contributed by atoms with Crippen LogP contribution in [0.4, 0.5) is 13.2 Å². The maximum Gasteiger partial charge on any atom is 0.416 e. The maximum atomic E-state index is 13.2. The molecule has 256 valence electrons. The second kappa shape index (κ2) is 16.3. The largest absolute Gasteiger partial charge is 0.487 e. The minimum Gasteiger partial charge on any atom is -0.487 e. The number of halogens is 4. The van der Waals surface area contributed by atoms with Crippen LogP contribution in [0, 0.1) is 0 Å². The van der Waals surface area contributed by atoms with Gasteiger partial charge in [0.05, 0.1) is 28.6 Å². The number of carbonyl (C=O) groups excluding carboxylic acids is 2. The van der Waals surface area contributed by atoms with Crippen LogP contribution < -0.4 is 26.2 Å². The number of rotatable bonds is 15. The SMILES string of the molecule is Cl.NC(CO)C(=O)NCCCCC(C(=O)NCc1ccc(C(F)(F)F)cc1)n1cc(COc2ccc3nc(S(N)(=O)=O)sc3c2)nn1. The number of alkyl halides is 3. The summed E-state index contributed by atoms with van der Waals surface area (Å²) in [5, 5.41) is 27.6. The van der Waals surface area contributed by atoms with Crippen molar-refractivity contribution >= 4 is 55.8 Å². The number of nitrogens with two attached hydrogens (primary N) is 2. The van der Waals surface area contributed by atoms with E-state index in [1.165, 1.54) is 23.0 Å². The van der Waals surface area contributed by atoms with Crippen LogP contribution in [0.3, 0.4) is 0 Å². The minimum atomic E-state index is -4.48. The molecule has 0 spiro atoms. The van der Waals surface area contributed by atoms with E-state index in [0.29, 0.717) is 40.1 Å². The van der Waals surface area contributed by atoms with Crippen molar-refractivity contribution in [1.29, 1.82) is 0 Å². The number of unbranched alkanes of at least 4 members (excludes halogenated alkanes) is 1. The number of nitrogens with zero attached hydrogens (tertiary/aromatic N) is 4. The summed E-state index contributed by atoms with van der Waals surface area (Å²) < 4.78 is 69.4. The smallest absolute Gasteiger partial charge is 0.416 e. The van der Waals surface area contributed by atoms with Gasteiger partial charge in [-0.2, -0.15) is 13.2 Å². The van der Waals surface area contributed by atoms with Crippen molar-refractivity contribution in [2.45, 2.75) is 55.0 Å². The van der Waals surface area contributed by atoms with E-state index in [-0.39, 0.29) is 42.9 Å². The van der Waals surface area contributed by atoms with Crippen molar-refractivity contribution in [3.63, 3.8) is 0 Å². The van der Waals surface area contributed by atoms with Crippen molar-refractivity contribution in [3.05, 3.63) is 65.5 Å². The average molecular weight is 721 g/mol. The normalized spacial score (nSPS) is 13.1. The van der Waals surface area contributed by atoms with Crippen LogP contribution in [-0.2, 0) is 38.9 Å². The van der Waals surface area contributed by atoms with Gasteiger partial charge < -0.3 is 26.2 Å². The summed E-state index contributed by atoms with van der Waals surface area (Å²) in [5.41, 5.74) is 5.96. The number of hydrogen-bond donors (Lipinski definition) is 5. The van der Waals surface area contributed by atoms with Gasteiger partial charge in [-0.1, -0.05) is 17.3 Å². The predicted octanol–water partition coefficient (Wildman–Crippen LogP) is 2.02.